The molecule has 0 aliphatic rings. The van der Waals surface area contributed by atoms with E-state index in [1.807, 2.05) is 6.07 Å². The zero-order chi connectivity index (χ0) is 20.1. The number of aromatic nitrogens is 1. The second kappa shape index (κ2) is 9.23. The Morgan fingerprint density at radius 1 is 1.29 bits per heavy atom. The monoisotopic (exact) mass is 437 g/mol. The summed E-state index contributed by atoms with van der Waals surface area (Å²) in [4.78, 5) is 16.2. The number of nitrogens with zero attached hydrogens (tertiary/aromatic N) is 1. The molecule has 0 unspecified atom stereocenters. The zero-order valence-corrected chi connectivity index (χ0v) is 17.2. The Bertz CT molecular complexity index is 1020. The lowest BCUT2D eigenvalue weighted by Crippen LogP contribution is -2.33. The predicted octanol–water partition coefficient (Wildman–Crippen LogP) is 4.99. The number of anilines is 1. The number of carbonyl (C=O) groups excluding carboxylic acids is 1. The number of halogens is 2. The van der Waals surface area contributed by atoms with E-state index in [2.05, 4.69) is 15.6 Å². The first-order valence-corrected chi connectivity index (χ1v) is 9.73. The summed E-state index contributed by atoms with van der Waals surface area (Å²) in [6.45, 7) is 0. The second-order valence-corrected chi connectivity index (χ2v) is 7.04. The maximum absolute atomic E-state index is 11.7. The summed E-state index contributed by atoms with van der Waals surface area (Å²) in [5.74, 6) is 1.26. The molecule has 0 fully saturated rings. The average Bonchev–Trinajstić information content (AvgIpc) is 3.09. The zero-order valence-electron chi connectivity index (χ0n) is 14.9. The van der Waals surface area contributed by atoms with Gasteiger partial charge in [-0.25, -0.2) is 4.98 Å². The normalized spacial score (nSPS) is 10.7. The number of nitrogens with one attached hydrogen (secondary N) is 2. The van der Waals surface area contributed by atoms with E-state index in [9.17, 15) is 4.79 Å². The van der Waals surface area contributed by atoms with Crippen LogP contribution in [0.1, 0.15) is 12.8 Å². The Morgan fingerprint density at radius 3 is 2.82 bits per heavy atom. The van der Waals surface area contributed by atoms with Gasteiger partial charge in [-0.3, -0.25) is 4.79 Å². The quantitative estimate of drug-likeness (QED) is 0.417. The lowest BCUT2D eigenvalue weighted by molar-refractivity contribution is -0.119. The highest BCUT2D eigenvalue weighted by atomic mass is 35.5. The molecule has 2 aromatic carbocycles. The number of rotatable bonds is 6. The SMILES string of the molecule is COc1ccc(-c2nc3cc(NC(=S)NC(=O)CCCCl)ccc3o2)cc1Cl. The smallest absolute Gasteiger partial charge is 0.227 e. The van der Waals surface area contributed by atoms with Crippen molar-refractivity contribution in [3.05, 3.63) is 41.4 Å². The maximum atomic E-state index is 11.7. The van der Waals surface area contributed by atoms with Crippen LogP contribution in [0.15, 0.2) is 40.8 Å². The Hall–Kier alpha value is -2.35. The Balaban J connectivity index is 1.75. The van der Waals surface area contributed by atoms with Gasteiger partial charge >= 0.3 is 0 Å². The summed E-state index contributed by atoms with van der Waals surface area (Å²) >= 11 is 16.9. The number of ether oxygens (including phenoxy) is 1. The van der Waals surface area contributed by atoms with Crippen molar-refractivity contribution in [3.63, 3.8) is 0 Å². The third-order valence-electron chi connectivity index (χ3n) is 3.83. The molecule has 6 nitrogen and oxygen atoms in total. The minimum absolute atomic E-state index is 0.181. The van der Waals surface area contributed by atoms with Gasteiger partial charge in [0.2, 0.25) is 11.8 Å². The standard InChI is InChI=1S/C19H17Cl2N3O3S/c1-26-15-6-4-11(9-13(15)21)18-23-14-10-12(5-7-16(14)27-18)22-19(28)24-17(25)3-2-8-20/h4-7,9-10H,2-3,8H2,1H3,(H2,22,24,25,28). The van der Waals surface area contributed by atoms with Gasteiger partial charge in [0.15, 0.2) is 10.7 Å². The summed E-state index contributed by atoms with van der Waals surface area (Å²) in [6, 6.07) is 10.7. The van der Waals surface area contributed by atoms with Gasteiger partial charge < -0.3 is 19.8 Å². The van der Waals surface area contributed by atoms with Gasteiger partial charge in [-0.05, 0) is 55.0 Å². The number of benzene rings is 2. The molecule has 146 valence electrons. The Labute approximate surface area is 177 Å². The average molecular weight is 438 g/mol. The molecular formula is C19H17Cl2N3O3S. The molecule has 0 spiro atoms. The number of oxazole rings is 1. The largest absolute Gasteiger partial charge is 0.495 e. The van der Waals surface area contributed by atoms with Crippen molar-refractivity contribution in [3.8, 4) is 17.2 Å². The fraction of sp³-hybridized carbons (Fsp3) is 0.211. The van der Waals surface area contributed by atoms with Gasteiger partial charge in [0.25, 0.3) is 0 Å². The van der Waals surface area contributed by atoms with Crippen molar-refractivity contribution in [2.24, 2.45) is 0 Å². The van der Waals surface area contributed by atoms with Gasteiger partial charge in [0, 0.05) is 23.6 Å². The van der Waals surface area contributed by atoms with Crippen LogP contribution in [0, 0.1) is 0 Å². The second-order valence-electron chi connectivity index (χ2n) is 5.85. The summed E-state index contributed by atoms with van der Waals surface area (Å²) in [5, 5.41) is 6.26. The molecule has 0 saturated carbocycles. The van der Waals surface area contributed by atoms with E-state index >= 15 is 0 Å². The number of hydrogen-bond acceptors (Lipinski definition) is 5. The van der Waals surface area contributed by atoms with E-state index in [-0.39, 0.29) is 11.0 Å². The molecule has 0 radical (unpaired) electrons. The molecule has 3 aromatic rings. The highest BCUT2D eigenvalue weighted by Gasteiger charge is 2.12. The van der Waals surface area contributed by atoms with Gasteiger partial charge in [-0.15, -0.1) is 11.6 Å². The summed E-state index contributed by atoms with van der Waals surface area (Å²) in [6.07, 6.45) is 0.917. The van der Waals surface area contributed by atoms with E-state index in [4.69, 9.17) is 44.6 Å². The third kappa shape index (κ3) is 4.92. The minimum Gasteiger partial charge on any atom is -0.495 e. The van der Waals surface area contributed by atoms with Crippen molar-refractivity contribution >= 4 is 63.2 Å². The van der Waals surface area contributed by atoms with Crippen LogP contribution in [0.25, 0.3) is 22.6 Å². The van der Waals surface area contributed by atoms with Gasteiger partial charge in [-0.1, -0.05) is 11.6 Å². The molecule has 3 rings (SSSR count). The summed E-state index contributed by atoms with van der Waals surface area (Å²) < 4.78 is 11.0. The predicted molar refractivity (Wildman–Crippen MR) is 115 cm³/mol. The molecule has 2 N–H and O–H groups in total. The molecule has 0 aliphatic carbocycles. The van der Waals surface area contributed by atoms with Crippen LogP contribution in [-0.2, 0) is 4.79 Å². The van der Waals surface area contributed by atoms with E-state index in [1.165, 1.54) is 0 Å². The van der Waals surface area contributed by atoms with Crippen molar-refractivity contribution in [1.82, 2.24) is 10.3 Å². The number of hydrogen-bond donors (Lipinski definition) is 2. The van der Waals surface area contributed by atoms with Crippen molar-refractivity contribution in [1.29, 1.82) is 0 Å². The van der Waals surface area contributed by atoms with Gasteiger partial charge in [0.05, 0.1) is 12.1 Å². The molecule has 1 amide bonds. The molecule has 9 heteroatoms. The molecule has 0 atom stereocenters. The maximum Gasteiger partial charge on any atom is 0.227 e. The van der Waals surface area contributed by atoms with Crippen LogP contribution in [-0.4, -0.2) is 29.0 Å². The number of thiocarbonyl (C=S) groups is 1. The first kappa shape index (κ1) is 20.4. The van der Waals surface area contributed by atoms with Crippen molar-refractivity contribution in [2.75, 3.05) is 18.3 Å². The highest BCUT2D eigenvalue weighted by Crippen LogP contribution is 2.32. The van der Waals surface area contributed by atoms with E-state index in [0.29, 0.717) is 52.2 Å². The van der Waals surface area contributed by atoms with E-state index in [0.717, 1.165) is 5.56 Å². The van der Waals surface area contributed by atoms with Crippen molar-refractivity contribution in [2.45, 2.75) is 12.8 Å². The molecule has 1 aromatic heterocycles. The van der Waals surface area contributed by atoms with Crippen LogP contribution in [0.3, 0.4) is 0 Å². The van der Waals surface area contributed by atoms with E-state index < -0.39 is 0 Å². The Kier molecular flexibility index (Phi) is 6.72. The topological polar surface area (TPSA) is 76.4 Å². The minimum atomic E-state index is -0.181. The molecule has 0 bridgehead atoms. The molecule has 0 saturated heterocycles. The third-order valence-corrected chi connectivity index (χ3v) is 4.60. The number of amides is 1. The molecule has 1 heterocycles. The Morgan fingerprint density at radius 2 is 2.11 bits per heavy atom. The highest BCUT2D eigenvalue weighted by molar-refractivity contribution is 7.80. The van der Waals surface area contributed by atoms with Gasteiger partial charge in [-0.2, -0.15) is 0 Å². The number of fused-ring (bicyclic) bond motifs is 1. The van der Waals surface area contributed by atoms with Crippen LogP contribution in [0.2, 0.25) is 5.02 Å². The fourth-order valence-electron chi connectivity index (χ4n) is 2.51. The van der Waals surface area contributed by atoms with Crippen LogP contribution in [0.5, 0.6) is 5.75 Å². The van der Waals surface area contributed by atoms with Crippen LogP contribution >= 0.6 is 35.4 Å². The summed E-state index contributed by atoms with van der Waals surface area (Å²) in [7, 11) is 1.56. The number of carbonyl (C=O) groups is 1. The first-order valence-electron chi connectivity index (χ1n) is 8.41. The van der Waals surface area contributed by atoms with Crippen molar-refractivity contribution < 1.29 is 13.9 Å². The molecular weight excluding hydrogens is 421 g/mol. The molecule has 0 aliphatic heterocycles. The number of alkyl halides is 1. The lowest BCUT2D eigenvalue weighted by Gasteiger charge is -2.08. The van der Waals surface area contributed by atoms with Crippen LogP contribution < -0.4 is 15.4 Å². The van der Waals surface area contributed by atoms with Gasteiger partial charge in [0.1, 0.15) is 11.3 Å². The van der Waals surface area contributed by atoms with Crippen LogP contribution in [0.4, 0.5) is 5.69 Å². The van der Waals surface area contributed by atoms with E-state index in [1.54, 1.807) is 37.4 Å². The first-order chi connectivity index (χ1) is 13.5. The summed E-state index contributed by atoms with van der Waals surface area (Å²) in [5.41, 5.74) is 2.68. The fourth-order valence-corrected chi connectivity index (χ4v) is 3.13. The molecule has 28 heavy (non-hydrogen) atoms. The lowest BCUT2D eigenvalue weighted by atomic mass is 10.2. The number of methoxy groups -OCH3 is 1.